The van der Waals surface area contributed by atoms with Crippen LogP contribution in [-0.2, 0) is 4.74 Å². The van der Waals surface area contributed by atoms with E-state index in [4.69, 9.17) is 5.73 Å². The first-order valence-electron chi connectivity index (χ1n) is 11.2. The Balaban J connectivity index is 0.000000440. The molecule has 9 nitrogen and oxygen atoms in total. The van der Waals surface area contributed by atoms with E-state index in [9.17, 15) is 19.7 Å². The Morgan fingerprint density at radius 2 is 1.68 bits per heavy atom. The number of piperidine rings is 1. The summed E-state index contributed by atoms with van der Waals surface area (Å²) in [4.78, 5) is 38.1. The van der Waals surface area contributed by atoms with Crippen LogP contribution in [-0.4, -0.2) is 60.5 Å². The fourth-order valence-corrected chi connectivity index (χ4v) is 3.75. The van der Waals surface area contributed by atoms with E-state index in [0.717, 1.165) is 31.6 Å². The van der Waals surface area contributed by atoms with Gasteiger partial charge < -0.3 is 20.3 Å². The van der Waals surface area contributed by atoms with Gasteiger partial charge in [-0.05, 0) is 59.8 Å². The molecule has 34 heavy (non-hydrogen) atoms. The van der Waals surface area contributed by atoms with E-state index < -0.39 is 16.6 Å². The molecule has 0 unspecified atom stereocenters. The summed E-state index contributed by atoms with van der Waals surface area (Å²) in [5.74, 6) is -0.324. The molecule has 0 aromatic heterocycles. The van der Waals surface area contributed by atoms with Gasteiger partial charge in [-0.3, -0.25) is 14.9 Å². The maximum Gasteiger partial charge on any atom is 0.405 e. The van der Waals surface area contributed by atoms with Crippen LogP contribution in [0.1, 0.15) is 49.5 Å². The molecule has 0 atom stereocenters. The minimum absolute atomic E-state index is 0.133. The van der Waals surface area contributed by atoms with Crippen LogP contribution in [0.15, 0.2) is 48.5 Å². The summed E-state index contributed by atoms with van der Waals surface area (Å²) in [5.41, 5.74) is 5.52. The average molecular weight is 471 g/mol. The molecule has 9 heteroatoms. The molecule has 1 aliphatic rings. The SMILES string of the molecule is CC(C)(C)OC(N)=O.CN(C)C1CCN(c2ccc(C(=O)c3ccccc3)c([N+](=O)[O-])c2)CC1. The molecular weight excluding hydrogens is 436 g/mol. The molecule has 1 aliphatic heterocycles. The number of nitrogens with zero attached hydrogens (tertiary/aromatic N) is 3. The molecule has 0 aliphatic carbocycles. The number of ether oxygens (including phenoxy) is 1. The molecule has 0 radical (unpaired) electrons. The molecule has 2 aromatic carbocycles. The van der Waals surface area contributed by atoms with Crippen LogP contribution in [0.3, 0.4) is 0 Å². The van der Waals surface area contributed by atoms with Gasteiger partial charge in [0.1, 0.15) is 11.2 Å². The maximum absolute atomic E-state index is 12.7. The second kappa shape index (κ2) is 11.6. The van der Waals surface area contributed by atoms with Gasteiger partial charge in [0.2, 0.25) is 0 Å². The van der Waals surface area contributed by atoms with Crippen LogP contribution in [0.4, 0.5) is 16.2 Å². The monoisotopic (exact) mass is 470 g/mol. The highest BCUT2D eigenvalue weighted by Gasteiger charge is 2.25. The van der Waals surface area contributed by atoms with Crippen molar-refractivity contribution in [3.05, 3.63) is 69.8 Å². The van der Waals surface area contributed by atoms with Gasteiger partial charge in [-0.25, -0.2) is 4.79 Å². The molecule has 3 rings (SSSR count). The number of primary amides is 1. The van der Waals surface area contributed by atoms with Crippen LogP contribution < -0.4 is 10.6 Å². The number of anilines is 1. The Labute approximate surface area is 200 Å². The first kappa shape index (κ1) is 26.8. The van der Waals surface area contributed by atoms with Crippen molar-refractivity contribution in [2.45, 2.75) is 45.3 Å². The van der Waals surface area contributed by atoms with Gasteiger partial charge in [0.05, 0.1) is 4.92 Å². The number of carbonyl (C=O) groups is 2. The largest absolute Gasteiger partial charge is 0.444 e. The van der Waals surface area contributed by atoms with Crippen molar-refractivity contribution in [3.63, 3.8) is 0 Å². The lowest BCUT2D eigenvalue weighted by Gasteiger charge is -2.36. The zero-order valence-corrected chi connectivity index (χ0v) is 20.5. The summed E-state index contributed by atoms with van der Waals surface area (Å²) in [7, 11) is 4.16. The van der Waals surface area contributed by atoms with Crippen LogP contribution in [0.5, 0.6) is 0 Å². The molecule has 2 N–H and O–H groups in total. The maximum atomic E-state index is 12.7. The quantitative estimate of drug-likeness (QED) is 0.394. The third-order valence-corrected chi connectivity index (χ3v) is 5.43. The summed E-state index contributed by atoms with van der Waals surface area (Å²) in [5, 5.41) is 11.6. The number of amides is 1. The third kappa shape index (κ3) is 7.84. The Hall–Kier alpha value is -3.46. The third-order valence-electron chi connectivity index (χ3n) is 5.43. The molecule has 0 bridgehead atoms. The number of carbonyl (C=O) groups excluding carboxylic acids is 2. The number of nitro benzene ring substituents is 1. The predicted octanol–water partition coefficient (Wildman–Crippen LogP) is 4.24. The lowest BCUT2D eigenvalue weighted by Crippen LogP contribution is -2.42. The molecule has 0 saturated carbocycles. The summed E-state index contributed by atoms with van der Waals surface area (Å²) in [6.07, 6.45) is 1.31. The topological polar surface area (TPSA) is 119 Å². The zero-order valence-electron chi connectivity index (χ0n) is 20.5. The van der Waals surface area contributed by atoms with E-state index >= 15 is 0 Å². The van der Waals surface area contributed by atoms with Crippen molar-refractivity contribution < 1.29 is 19.2 Å². The molecule has 1 amide bonds. The number of nitro groups is 1. The van der Waals surface area contributed by atoms with Gasteiger partial charge in [-0.2, -0.15) is 0 Å². The van der Waals surface area contributed by atoms with Gasteiger partial charge in [0.25, 0.3) is 5.69 Å². The summed E-state index contributed by atoms with van der Waals surface area (Å²) < 4.78 is 4.58. The minimum atomic E-state index is -0.725. The van der Waals surface area contributed by atoms with Gasteiger partial charge >= 0.3 is 6.09 Å². The number of hydrogen-bond acceptors (Lipinski definition) is 7. The molecule has 1 saturated heterocycles. The van der Waals surface area contributed by atoms with E-state index in [1.54, 1.807) is 51.1 Å². The van der Waals surface area contributed by atoms with E-state index in [2.05, 4.69) is 28.6 Å². The van der Waals surface area contributed by atoms with Crippen LogP contribution in [0.25, 0.3) is 0 Å². The Morgan fingerprint density at radius 1 is 1.09 bits per heavy atom. The summed E-state index contributed by atoms with van der Waals surface area (Å²) in [6.45, 7) is 6.99. The minimum Gasteiger partial charge on any atom is -0.444 e. The Kier molecular flexibility index (Phi) is 9.14. The van der Waals surface area contributed by atoms with E-state index in [1.807, 2.05) is 12.1 Å². The molecular formula is C25H34N4O5. The van der Waals surface area contributed by atoms with Crippen LogP contribution >= 0.6 is 0 Å². The van der Waals surface area contributed by atoms with Gasteiger partial charge in [0, 0.05) is 36.4 Å². The van der Waals surface area contributed by atoms with Crippen molar-refractivity contribution in [3.8, 4) is 0 Å². The second-order valence-corrected chi connectivity index (χ2v) is 9.37. The first-order chi connectivity index (χ1) is 15.9. The highest BCUT2D eigenvalue weighted by molar-refractivity contribution is 6.11. The number of hydrogen-bond donors (Lipinski definition) is 1. The van der Waals surface area contributed by atoms with Crippen molar-refractivity contribution in [1.82, 2.24) is 4.90 Å². The zero-order chi connectivity index (χ0) is 25.5. The Bertz CT molecular complexity index is 994. The molecule has 2 aromatic rings. The highest BCUT2D eigenvalue weighted by atomic mass is 16.6. The van der Waals surface area contributed by atoms with Gasteiger partial charge in [-0.15, -0.1) is 0 Å². The lowest BCUT2D eigenvalue weighted by atomic mass is 9.99. The number of ketones is 1. The molecule has 0 spiro atoms. The fourth-order valence-electron chi connectivity index (χ4n) is 3.75. The van der Waals surface area contributed by atoms with Crippen LogP contribution in [0.2, 0.25) is 0 Å². The van der Waals surface area contributed by atoms with E-state index in [-0.39, 0.29) is 17.0 Å². The molecule has 184 valence electrons. The Morgan fingerprint density at radius 3 is 2.12 bits per heavy atom. The van der Waals surface area contributed by atoms with Crippen molar-refractivity contribution in [2.75, 3.05) is 32.1 Å². The van der Waals surface area contributed by atoms with E-state index in [1.165, 1.54) is 6.07 Å². The van der Waals surface area contributed by atoms with E-state index in [0.29, 0.717) is 11.6 Å². The highest BCUT2D eigenvalue weighted by Crippen LogP contribution is 2.29. The standard InChI is InChI=1S/C20H23N3O3.C5H11NO2/c1-21(2)16-10-12-22(13-11-16)17-8-9-18(19(14-17)23(25)26)20(24)15-6-4-3-5-7-15;1-5(2,3)8-4(6)7/h3-9,14,16H,10-13H2,1-2H3;1-3H3,(H2,6,7). The summed E-state index contributed by atoms with van der Waals surface area (Å²) >= 11 is 0. The predicted molar refractivity (Wildman–Crippen MR) is 132 cm³/mol. The smallest absolute Gasteiger partial charge is 0.405 e. The molecule has 1 fully saturated rings. The second-order valence-electron chi connectivity index (χ2n) is 9.37. The van der Waals surface area contributed by atoms with Crippen molar-refractivity contribution in [1.29, 1.82) is 0 Å². The first-order valence-corrected chi connectivity index (χ1v) is 11.2. The number of rotatable bonds is 5. The van der Waals surface area contributed by atoms with Crippen molar-refractivity contribution >= 4 is 23.3 Å². The van der Waals surface area contributed by atoms with Gasteiger partial charge in [0.15, 0.2) is 5.78 Å². The normalized spacial score (nSPS) is 14.2. The average Bonchev–Trinajstić information content (AvgIpc) is 2.77. The van der Waals surface area contributed by atoms with Crippen LogP contribution in [0, 0.1) is 10.1 Å². The molecule has 1 heterocycles. The lowest BCUT2D eigenvalue weighted by molar-refractivity contribution is -0.385. The number of nitrogens with two attached hydrogens (primary N) is 1. The summed E-state index contributed by atoms with van der Waals surface area (Å²) in [6, 6.07) is 14.1. The van der Waals surface area contributed by atoms with Gasteiger partial charge in [-0.1, -0.05) is 30.3 Å². The fraction of sp³-hybridized carbons (Fsp3) is 0.440. The van der Waals surface area contributed by atoms with Crippen molar-refractivity contribution in [2.24, 2.45) is 5.73 Å². The number of benzene rings is 2.